The van der Waals surface area contributed by atoms with Gasteiger partial charge in [0.2, 0.25) is 11.7 Å². The Morgan fingerprint density at radius 3 is 2.22 bits per heavy atom. The summed E-state index contributed by atoms with van der Waals surface area (Å²) in [5.41, 5.74) is 5.06. The molecule has 1 heterocycles. The highest BCUT2D eigenvalue weighted by molar-refractivity contribution is 5.33. The molecule has 2 N–H and O–H groups in total. The van der Waals surface area contributed by atoms with Crippen molar-refractivity contribution < 1.29 is 31.1 Å². The third-order valence-electron chi connectivity index (χ3n) is 1.61. The van der Waals surface area contributed by atoms with Gasteiger partial charge in [0.05, 0.1) is 13.0 Å². The van der Waals surface area contributed by atoms with Crippen molar-refractivity contribution >= 4 is 5.82 Å². The smallest absolute Gasteiger partial charge is 0.451 e. The number of hydrogen-bond acceptors (Lipinski definition) is 4. The van der Waals surface area contributed by atoms with Crippen LogP contribution < -0.4 is 10.5 Å². The van der Waals surface area contributed by atoms with E-state index < -0.39 is 42.9 Å². The Labute approximate surface area is 96.8 Å². The molecule has 0 aliphatic carbocycles. The van der Waals surface area contributed by atoms with Gasteiger partial charge >= 0.3 is 12.4 Å². The van der Waals surface area contributed by atoms with Gasteiger partial charge in [-0.3, -0.25) is 0 Å². The molecule has 1 aromatic heterocycles. The molecular formula is C8H7F6N3O. The Bertz CT molecular complexity index is 416. The van der Waals surface area contributed by atoms with Gasteiger partial charge in [0.1, 0.15) is 5.82 Å². The number of aromatic nitrogens is 2. The highest BCUT2D eigenvalue weighted by Gasteiger charge is 2.35. The summed E-state index contributed by atoms with van der Waals surface area (Å²) in [6.45, 7) is -0.850. The van der Waals surface area contributed by atoms with Crippen LogP contribution in [0.3, 0.4) is 0 Å². The first-order chi connectivity index (χ1) is 8.08. The van der Waals surface area contributed by atoms with Crippen LogP contribution in [0.15, 0.2) is 6.07 Å². The molecule has 0 amide bonds. The Morgan fingerprint density at radius 1 is 1.11 bits per heavy atom. The minimum atomic E-state index is -4.85. The summed E-state index contributed by atoms with van der Waals surface area (Å²) in [7, 11) is 0. The van der Waals surface area contributed by atoms with Gasteiger partial charge < -0.3 is 10.5 Å². The fraction of sp³-hybridized carbons (Fsp3) is 0.500. The predicted molar refractivity (Wildman–Crippen MR) is 47.6 cm³/mol. The molecule has 0 aliphatic heterocycles. The highest BCUT2D eigenvalue weighted by atomic mass is 19.4. The maximum atomic E-state index is 12.2. The molecule has 0 saturated heterocycles. The van der Waals surface area contributed by atoms with E-state index in [1.165, 1.54) is 0 Å². The van der Waals surface area contributed by atoms with E-state index in [4.69, 9.17) is 5.73 Å². The molecule has 0 fully saturated rings. The molecule has 10 heteroatoms. The van der Waals surface area contributed by atoms with Crippen LogP contribution in [0.25, 0.3) is 0 Å². The van der Waals surface area contributed by atoms with Crippen LogP contribution in [-0.4, -0.2) is 22.8 Å². The quantitative estimate of drug-likeness (QED) is 0.860. The fourth-order valence-corrected chi connectivity index (χ4v) is 0.915. The maximum Gasteiger partial charge on any atom is 0.451 e. The van der Waals surface area contributed by atoms with Crippen molar-refractivity contribution in [3.63, 3.8) is 0 Å². The summed E-state index contributed by atoms with van der Waals surface area (Å²) in [5, 5.41) is 0. The van der Waals surface area contributed by atoms with Gasteiger partial charge in [-0.15, -0.1) is 0 Å². The average Bonchev–Trinajstić information content (AvgIpc) is 2.13. The normalized spacial score (nSPS) is 12.6. The Kier molecular flexibility index (Phi) is 3.87. The van der Waals surface area contributed by atoms with E-state index in [1.807, 2.05) is 0 Å². The molecule has 0 aromatic carbocycles. The van der Waals surface area contributed by atoms with Crippen molar-refractivity contribution in [2.45, 2.75) is 18.8 Å². The second-order valence-electron chi connectivity index (χ2n) is 3.17. The summed E-state index contributed by atoms with van der Waals surface area (Å²) in [6.07, 6.45) is -10.6. The number of nitrogen functional groups attached to an aromatic ring is 1. The molecule has 0 spiro atoms. The van der Waals surface area contributed by atoms with Gasteiger partial charge in [-0.1, -0.05) is 0 Å². The first-order valence-electron chi connectivity index (χ1n) is 4.49. The first kappa shape index (κ1) is 14.3. The van der Waals surface area contributed by atoms with Gasteiger partial charge in [-0.05, 0) is 0 Å². The van der Waals surface area contributed by atoms with Crippen LogP contribution in [-0.2, 0) is 6.18 Å². The summed E-state index contributed by atoms with van der Waals surface area (Å²) < 4.78 is 76.5. The van der Waals surface area contributed by atoms with E-state index in [9.17, 15) is 26.3 Å². The zero-order chi connectivity index (χ0) is 14.0. The number of nitrogens with zero attached hydrogens (tertiary/aromatic N) is 2. The topological polar surface area (TPSA) is 61.0 Å². The second kappa shape index (κ2) is 4.86. The number of alkyl halides is 6. The molecule has 4 nitrogen and oxygen atoms in total. The average molecular weight is 275 g/mol. The largest absolute Gasteiger partial charge is 0.477 e. The van der Waals surface area contributed by atoms with Gasteiger partial charge in [0, 0.05) is 6.07 Å². The van der Waals surface area contributed by atoms with Crippen molar-refractivity contribution in [1.82, 2.24) is 9.97 Å². The van der Waals surface area contributed by atoms with Crippen LogP contribution in [0.2, 0.25) is 0 Å². The number of hydrogen-bond donors (Lipinski definition) is 1. The van der Waals surface area contributed by atoms with Crippen molar-refractivity contribution in [1.29, 1.82) is 0 Å². The Hall–Kier alpha value is -1.74. The van der Waals surface area contributed by atoms with E-state index >= 15 is 0 Å². The van der Waals surface area contributed by atoms with Gasteiger partial charge in [0.15, 0.2) is 0 Å². The van der Waals surface area contributed by atoms with Gasteiger partial charge in [0.25, 0.3) is 0 Å². The zero-order valence-corrected chi connectivity index (χ0v) is 8.64. The highest BCUT2D eigenvalue weighted by Crippen LogP contribution is 2.28. The monoisotopic (exact) mass is 275 g/mol. The Morgan fingerprint density at radius 2 is 1.72 bits per heavy atom. The lowest BCUT2D eigenvalue weighted by Gasteiger charge is -2.10. The molecule has 1 rings (SSSR count). The number of rotatable bonds is 3. The predicted octanol–water partition coefficient (Wildman–Crippen LogP) is 2.41. The standard InChI is InChI=1S/C8H7F6N3O/c9-7(10,11)1-2-18-5-3-4(15)16-6(17-5)8(12,13)14/h3H,1-2H2,(H2,15,16,17). The molecule has 0 radical (unpaired) electrons. The molecule has 18 heavy (non-hydrogen) atoms. The van der Waals surface area contributed by atoms with E-state index in [0.717, 1.165) is 6.07 Å². The summed E-state index contributed by atoms with van der Waals surface area (Å²) >= 11 is 0. The minimum Gasteiger partial charge on any atom is -0.477 e. The molecule has 0 aliphatic rings. The third kappa shape index (κ3) is 4.63. The lowest BCUT2D eigenvalue weighted by atomic mass is 10.4. The molecule has 0 unspecified atom stereocenters. The zero-order valence-electron chi connectivity index (χ0n) is 8.64. The summed E-state index contributed by atoms with van der Waals surface area (Å²) in [4.78, 5) is 5.82. The van der Waals surface area contributed by atoms with Crippen molar-refractivity contribution in [3.05, 3.63) is 11.9 Å². The molecular weight excluding hydrogens is 268 g/mol. The van der Waals surface area contributed by atoms with Crippen LogP contribution in [0.4, 0.5) is 32.2 Å². The number of nitrogens with two attached hydrogens (primary N) is 1. The van der Waals surface area contributed by atoms with E-state index in [1.54, 1.807) is 0 Å². The Balaban J connectivity index is 2.75. The van der Waals surface area contributed by atoms with Gasteiger partial charge in [-0.25, -0.2) is 4.98 Å². The van der Waals surface area contributed by atoms with Crippen molar-refractivity contribution in [2.75, 3.05) is 12.3 Å². The third-order valence-corrected chi connectivity index (χ3v) is 1.61. The molecule has 0 saturated carbocycles. The van der Waals surface area contributed by atoms with Crippen molar-refractivity contribution in [2.24, 2.45) is 0 Å². The van der Waals surface area contributed by atoms with Crippen LogP contribution in [0.5, 0.6) is 5.88 Å². The first-order valence-corrected chi connectivity index (χ1v) is 4.49. The van der Waals surface area contributed by atoms with Crippen LogP contribution >= 0.6 is 0 Å². The van der Waals surface area contributed by atoms with Gasteiger partial charge in [-0.2, -0.15) is 31.3 Å². The lowest BCUT2D eigenvalue weighted by molar-refractivity contribution is -0.146. The minimum absolute atomic E-state index is 0.542. The van der Waals surface area contributed by atoms with E-state index in [2.05, 4.69) is 14.7 Å². The fourth-order valence-electron chi connectivity index (χ4n) is 0.915. The van der Waals surface area contributed by atoms with E-state index in [-0.39, 0.29) is 0 Å². The molecule has 0 bridgehead atoms. The summed E-state index contributed by atoms with van der Waals surface area (Å²) in [5.74, 6) is -2.76. The van der Waals surface area contributed by atoms with Crippen molar-refractivity contribution in [3.8, 4) is 5.88 Å². The number of halogens is 6. The molecule has 0 atom stereocenters. The van der Waals surface area contributed by atoms with E-state index in [0.29, 0.717) is 0 Å². The molecule has 102 valence electrons. The lowest BCUT2D eigenvalue weighted by Crippen LogP contribution is -2.16. The number of anilines is 1. The SMILES string of the molecule is Nc1cc(OCCC(F)(F)F)nc(C(F)(F)F)n1. The molecule has 1 aromatic rings. The second-order valence-corrected chi connectivity index (χ2v) is 3.17. The summed E-state index contributed by atoms with van der Waals surface area (Å²) in [6, 6.07) is 0.811. The van der Waals surface area contributed by atoms with Crippen LogP contribution in [0, 0.1) is 0 Å². The number of ether oxygens (including phenoxy) is 1. The maximum absolute atomic E-state index is 12.2. The van der Waals surface area contributed by atoms with Crippen LogP contribution in [0.1, 0.15) is 12.2 Å².